The van der Waals surface area contributed by atoms with Crippen LogP contribution in [0.4, 0.5) is 0 Å². The highest BCUT2D eigenvalue weighted by Crippen LogP contribution is 2.49. The number of carbonyl (C=O) groups is 1. The van der Waals surface area contributed by atoms with Crippen LogP contribution >= 0.6 is 23.4 Å². The van der Waals surface area contributed by atoms with Crippen LogP contribution in [0.25, 0.3) is 0 Å². The van der Waals surface area contributed by atoms with Crippen molar-refractivity contribution in [3.05, 3.63) is 40.1 Å². The van der Waals surface area contributed by atoms with E-state index in [0.29, 0.717) is 11.4 Å². The molecule has 0 radical (unpaired) electrons. The van der Waals surface area contributed by atoms with Crippen LogP contribution in [0.1, 0.15) is 37.2 Å². The first kappa shape index (κ1) is 14.3. The molecule has 2 aliphatic heterocycles. The molecule has 2 atom stereocenters. The van der Waals surface area contributed by atoms with Crippen LogP contribution in [0.5, 0.6) is 5.75 Å². The fourth-order valence-electron chi connectivity index (χ4n) is 3.67. The Morgan fingerprint density at radius 2 is 2.14 bits per heavy atom. The molecule has 1 aromatic carbocycles. The zero-order chi connectivity index (χ0) is 15.3. The number of nitrogens with zero attached hydrogens (tertiary/aromatic N) is 1. The van der Waals surface area contributed by atoms with Crippen LogP contribution in [0.3, 0.4) is 0 Å². The number of phenolic OH excluding ortho intramolecular Hbond substituents is 1. The van der Waals surface area contributed by atoms with Crippen molar-refractivity contribution in [2.75, 3.05) is 5.75 Å². The largest absolute Gasteiger partial charge is 0.508 e. The van der Waals surface area contributed by atoms with E-state index in [1.54, 1.807) is 18.2 Å². The number of Topliss-reactive ketones (excluding diaryl/α,β-unsaturated/α-hetero) is 1. The van der Waals surface area contributed by atoms with Crippen molar-refractivity contribution in [3.63, 3.8) is 0 Å². The lowest BCUT2D eigenvalue weighted by Crippen LogP contribution is -2.32. The summed E-state index contributed by atoms with van der Waals surface area (Å²) in [4.78, 5) is 17.3. The second kappa shape index (κ2) is 5.43. The summed E-state index contributed by atoms with van der Waals surface area (Å²) in [6.45, 7) is 0. The van der Waals surface area contributed by atoms with E-state index >= 15 is 0 Å². The van der Waals surface area contributed by atoms with Gasteiger partial charge in [0.1, 0.15) is 5.75 Å². The van der Waals surface area contributed by atoms with Crippen LogP contribution < -0.4 is 0 Å². The lowest BCUT2D eigenvalue weighted by atomic mass is 9.77. The third-order valence-corrected chi connectivity index (χ3v) is 6.21. The average Bonchev–Trinajstić information content (AvgIpc) is 2.96. The highest BCUT2D eigenvalue weighted by molar-refractivity contribution is 8.01. The molecule has 0 amide bonds. The van der Waals surface area contributed by atoms with Crippen molar-refractivity contribution in [2.45, 2.75) is 36.9 Å². The van der Waals surface area contributed by atoms with E-state index in [0.717, 1.165) is 41.8 Å². The number of rotatable bonds is 1. The Hall–Kier alpha value is -1.26. The van der Waals surface area contributed by atoms with Crippen molar-refractivity contribution < 1.29 is 9.90 Å². The molecule has 0 aromatic heterocycles. The molecule has 2 unspecified atom stereocenters. The molecule has 3 nitrogen and oxygen atoms in total. The minimum atomic E-state index is -0.110. The SMILES string of the molecule is O=C1CCCC2=C1C(c1cc(Cl)ccc1O)C1SCCC1=N2. The predicted octanol–water partition coefficient (Wildman–Crippen LogP) is 4.10. The number of fused-ring (bicyclic) bond motifs is 1. The maximum absolute atomic E-state index is 12.5. The molecule has 0 bridgehead atoms. The maximum atomic E-state index is 12.5. The Kier molecular flexibility index (Phi) is 3.54. The highest BCUT2D eigenvalue weighted by atomic mass is 35.5. The quantitative estimate of drug-likeness (QED) is 0.841. The van der Waals surface area contributed by atoms with E-state index in [2.05, 4.69) is 0 Å². The Morgan fingerprint density at radius 3 is 3.00 bits per heavy atom. The van der Waals surface area contributed by atoms with Gasteiger partial charge in [-0.3, -0.25) is 9.79 Å². The molecule has 22 heavy (non-hydrogen) atoms. The second-order valence-corrected chi connectivity index (χ2v) is 7.65. The molecule has 1 aromatic rings. The first-order chi connectivity index (χ1) is 10.6. The number of thioether (sulfide) groups is 1. The molecule has 2 heterocycles. The fourth-order valence-corrected chi connectivity index (χ4v) is 5.27. The summed E-state index contributed by atoms with van der Waals surface area (Å²) in [5, 5.41) is 11.1. The summed E-state index contributed by atoms with van der Waals surface area (Å²) in [7, 11) is 0. The number of ketones is 1. The zero-order valence-electron chi connectivity index (χ0n) is 12.0. The molecule has 3 aliphatic rings. The summed E-state index contributed by atoms with van der Waals surface area (Å²) in [6, 6.07) is 5.10. The summed E-state index contributed by atoms with van der Waals surface area (Å²) in [6.07, 6.45) is 3.29. The summed E-state index contributed by atoms with van der Waals surface area (Å²) in [5.41, 5.74) is 3.69. The number of phenols is 1. The van der Waals surface area contributed by atoms with Gasteiger partial charge in [0.25, 0.3) is 0 Å². The molecule has 0 saturated carbocycles. The monoisotopic (exact) mass is 333 g/mol. The Bertz CT molecular complexity index is 725. The van der Waals surface area contributed by atoms with Gasteiger partial charge in [0.15, 0.2) is 5.78 Å². The third kappa shape index (κ3) is 2.20. The number of aliphatic imine (C=N–C) groups is 1. The van der Waals surface area contributed by atoms with Crippen LogP contribution in [0, 0.1) is 0 Å². The smallest absolute Gasteiger partial charge is 0.161 e. The number of allylic oxidation sites excluding steroid dienone is 2. The number of halogens is 1. The standard InChI is InChI=1S/C17H16ClNO2S/c18-9-4-5-13(20)10(8-9)15-16-11(2-1-3-14(16)21)19-12-6-7-22-17(12)15/h4-5,8,15,17,20H,1-3,6-7H2. The van der Waals surface area contributed by atoms with Gasteiger partial charge in [0.2, 0.25) is 0 Å². The average molecular weight is 334 g/mol. The molecule has 114 valence electrons. The van der Waals surface area contributed by atoms with Crippen molar-refractivity contribution in [1.82, 2.24) is 0 Å². The number of carbonyl (C=O) groups excluding carboxylic acids is 1. The molecular weight excluding hydrogens is 318 g/mol. The number of hydrogen-bond donors (Lipinski definition) is 1. The lowest BCUT2D eigenvalue weighted by molar-refractivity contribution is -0.116. The van der Waals surface area contributed by atoms with E-state index in [-0.39, 0.29) is 22.7 Å². The van der Waals surface area contributed by atoms with Crippen LogP contribution in [-0.4, -0.2) is 27.6 Å². The molecule has 1 saturated heterocycles. The summed E-state index contributed by atoms with van der Waals surface area (Å²) < 4.78 is 0. The van der Waals surface area contributed by atoms with E-state index in [9.17, 15) is 9.90 Å². The molecular formula is C17H16ClNO2S. The number of hydrogen-bond acceptors (Lipinski definition) is 4. The van der Waals surface area contributed by atoms with Crippen LogP contribution in [0.15, 0.2) is 34.5 Å². The van der Waals surface area contributed by atoms with E-state index < -0.39 is 0 Å². The Labute approximate surface area is 138 Å². The van der Waals surface area contributed by atoms with Gasteiger partial charge in [-0.15, -0.1) is 0 Å². The second-order valence-electron chi connectivity index (χ2n) is 5.96. The van der Waals surface area contributed by atoms with Gasteiger partial charge in [-0.2, -0.15) is 11.8 Å². The molecule has 1 N–H and O–H groups in total. The van der Waals surface area contributed by atoms with E-state index in [1.807, 2.05) is 11.8 Å². The van der Waals surface area contributed by atoms with Crippen molar-refractivity contribution in [2.24, 2.45) is 4.99 Å². The Balaban J connectivity index is 1.91. The van der Waals surface area contributed by atoms with Crippen molar-refractivity contribution in [1.29, 1.82) is 0 Å². The normalized spacial score (nSPS) is 27.5. The third-order valence-electron chi connectivity index (χ3n) is 4.63. The first-order valence-corrected chi connectivity index (χ1v) is 9.01. The zero-order valence-corrected chi connectivity index (χ0v) is 13.6. The summed E-state index contributed by atoms with van der Waals surface area (Å²) in [5.74, 6) is 1.31. The van der Waals surface area contributed by atoms with E-state index in [4.69, 9.17) is 16.6 Å². The van der Waals surface area contributed by atoms with Crippen molar-refractivity contribution >= 4 is 34.9 Å². The van der Waals surface area contributed by atoms with Gasteiger partial charge in [0.05, 0.1) is 5.25 Å². The van der Waals surface area contributed by atoms with Gasteiger partial charge >= 0.3 is 0 Å². The topological polar surface area (TPSA) is 49.7 Å². The lowest BCUT2D eigenvalue weighted by Gasteiger charge is -2.33. The maximum Gasteiger partial charge on any atom is 0.161 e. The minimum Gasteiger partial charge on any atom is -0.508 e. The number of benzene rings is 1. The number of aromatic hydroxyl groups is 1. The molecule has 1 aliphatic carbocycles. The van der Waals surface area contributed by atoms with Crippen LogP contribution in [-0.2, 0) is 4.79 Å². The van der Waals surface area contributed by atoms with Crippen molar-refractivity contribution in [3.8, 4) is 5.75 Å². The molecule has 0 spiro atoms. The van der Waals surface area contributed by atoms with Gasteiger partial charge < -0.3 is 5.11 Å². The van der Waals surface area contributed by atoms with Gasteiger partial charge in [0, 0.05) is 39.9 Å². The summed E-state index contributed by atoms with van der Waals surface area (Å²) >= 11 is 7.97. The van der Waals surface area contributed by atoms with Gasteiger partial charge in [-0.25, -0.2) is 0 Å². The van der Waals surface area contributed by atoms with Gasteiger partial charge in [-0.1, -0.05) is 11.6 Å². The first-order valence-electron chi connectivity index (χ1n) is 7.59. The van der Waals surface area contributed by atoms with Crippen LogP contribution in [0.2, 0.25) is 5.02 Å². The predicted molar refractivity (Wildman–Crippen MR) is 90.0 cm³/mol. The minimum absolute atomic E-state index is 0.110. The Morgan fingerprint density at radius 1 is 1.27 bits per heavy atom. The van der Waals surface area contributed by atoms with E-state index in [1.165, 1.54) is 5.71 Å². The fraction of sp³-hybridized carbons (Fsp3) is 0.412. The molecule has 4 rings (SSSR count). The highest BCUT2D eigenvalue weighted by Gasteiger charge is 2.43. The molecule has 5 heteroatoms. The van der Waals surface area contributed by atoms with Gasteiger partial charge in [-0.05, 0) is 43.2 Å². The molecule has 1 fully saturated rings.